The van der Waals surface area contributed by atoms with Crippen LogP contribution in [-0.2, 0) is 4.74 Å². The number of hydrogen-bond acceptors (Lipinski definition) is 4. The van der Waals surface area contributed by atoms with E-state index in [4.69, 9.17) is 4.74 Å². The molecule has 0 aliphatic carbocycles. The van der Waals surface area contributed by atoms with Crippen LogP contribution >= 0.6 is 15.9 Å². The van der Waals surface area contributed by atoms with Gasteiger partial charge in [0.05, 0.1) is 15.6 Å². The maximum Gasteiger partial charge on any atom is 0.506 e. The Balaban J connectivity index is 2.75. The molecule has 0 spiro atoms. The summed E-state index contributed by atoms with van der Waals surface area (Å²) < 4.78 is 33.3. The van der Waals surface area contributed by atoms with Gasteiger partial charge in [0.15, 0.2) is 0 Å². The fraction of sp³-hybridized carbons (Fsp3) is 0.308. The van der Waals surface area contributed by atoms with Crippen LogP contribution in [0.5, 0.6) is 0 Å². The van der Waals surface area contributed by atoms with Crippen molar-refractivity contribution >= 4 is 45.6 Å². The predicted molar refractivity (Wildman–Crippen MR) is 81.0 cm³/mol. The van der Waals surface area contributed by atoms with Gasteiger partial charge in [0.1, 0.15) is 17.2 Å². The number of halogens is 3. The van der Waals surface area contributed by atoms with Crippen LogP contribution in [0.1, 0.15) is 20.8 Å². The van der Waals surface area contributed by atoms with Crippen LogP contribution in [0.2, 0.25) is 0 Å². The van der Waals surface area contributed by atoms with Crippen molar-refractivity contribution < 1.29 is 28.4 Å². The Bertz CT molecular complexity index is 755. The average Bonchev–Trinajstić information content (AvgIpc) is 2.73. The number of fused-ring (bicyclic) bond motifs is 1. The third-order valence-electron chi connectivity index (χ3n) is 2.81. The first kappa shape index (κ1) is 16.9. The van der Waals surface area contributed by atoms with E-state index in [9.17, 15) is 23.6 Å². The number of nitrogens with zero attached hydrogens (tertiary/aromatic N) is 1. The summed E-state index contributed by atoms with van der Waals surface area (Å²) in [6.07, 6.45) is -0.966. The molecular formula is C13H13BBrF2NO4. The molecule has 9 heteroatoms. The largest absolute Gasteiger partial charge is 0.506 e. The molecule has 22 heavy (non-hydrogen) atoms. The van der Waals surface area contributed by atoms with Crippen molar-refractivity contribution in [2.45, 2.75) is 26.4 Å². The van der Waals surface area contributed by atoms with Crippen molar-refractivity contribution in [3.05, 3.63) is 28.2 Å². The summed E-state index contributed by atoms with van der Waals surface area (Å²) in [5, 5.41) is 18.6. The quantitative estimate of drug-likeness (QED) is 0.591. The molecule has 0 aliphatic heterocycles. The van der Waals surface area contributed by atoms with E-state index in [0.717, 1.165) is 16.7 Å². The van der Waals surface area contributed by atoms with Gasteiger partial charge in [-0.2, -0.15) is 0 Å². The molecule has 0 radical (unpaired) electrons. The monoisotopic (exact) mass is 375 g/mol. The fourth-order valence-corrected chi connectivity index (χ4v) is 2.30. The minimum atomic E-state index is -2.05. The summed E-state index contributed by atoms with van der Waals surface area (Å²) in [7, 11) is -2.05. The first-order valence-electron chi connectivity index (χ1n) is 6.31. The zero-order valence-electron chi connectivity index (χ0n) is 12.0. The number of ether oxygens (including phenoxy) is 1. The summed E-state index contributed by atoms with van der Waals surface area (Å²) in [6.45, 7) is 4.84. The van der Waals surface area contributed by atoms with Gasteiger partial charge in [-0.15, -0.1) is 0 Å². The minimum Gasteiger partial charge on any atom is -0.443 e. The molecule has 1 heterocycles. The molecule has 1 aromatic carbocycles. The maximum atomic E-state index is 14.1. The lowest BCUT2D eigenvalue weighted by atomic mass is 9.86. The highest BCUT2D eigenvalue weighted by molar-refractivity contribution is 9.10. The van der Waals surface area contributed by atoms with Crippen LogP contribution in [-0.4, -0.2) is 33.4 Å². The lowest BCUT2D eigenvalue weighted by Gasteiger charge is -2.21. The third-order valence-corrected chi connectivity index (χ3v) is 3.54. The summed E-state index contributed by atoms with van der Waals surface area (Å²) in [6, 6.07) is 1.97. The first-order chi connectivity index (χ1) is 10.0. The van der Waals surface area contributed by atoms with E-state index in [0.29, 0.717) is 0 Å². The Morgan fingerprint density at radius 3 is 2.41 bits per heavy atom. The second-order valence-electron chi connectivity index (χ2n) is 5.68. The summed E-state index contributed by atoms with van der Waals surface area (Å²) in [5.41, 5.74) is -1.34. The van der Waals surface area contributed by atoms with E-state index in [-0.39, 0.29) is 16.5 Å². The number of benzene rings is 1. The van der Waals surface area contributed by atoms with Crippen molar-refractivity contribution in [2.24, 2.45) is 0 Å². The minimum absolute atomic E-state index is 0.137. The van der Waals surface area contributed by atoms with E-state index in [1.165, 1.54) is 0 Å². The Morgan fingerprint density at radius 2 is 1.91 bits per heavy atom. The molecule has 0 saturated carbocycles. The van der Waals surface area contributed by atoms with Gasteiger partial charge in [-0.05, 0) is 42.8 Å². The number of carbonyl (C=O) groups excluding carboxylic acids is 1. The van der Waals surface area contributed by atoms with Crippen LogP contribution in [0.3, 0.4) is 0 Å². The Hall–Kier alpha value is -1.45. The molecule has 118 valence electrons. The van der Waals surface area contributed by atoms with Crippen LogP contribution in [0.25, 0.3) is 10.9 Å². The summed E-state index contributed by atoms with van der Waals surface area (Å²) in [5.74, 6) is -1.87. The molecule has 0 saturated heterocycles. The number of carbonyl (C=O) groups is 1. The molecule has 0 unspecified atom stereocenters. The van der Waals surface area contributed by atoms with E-state index < -0.39 is 34.9 Å². The SMILES string of the molecule is CC(C)(C)OC(=O)n1c(B(O)O)cc2c(F)c(Br)c(F)cc21. The predicted octanol–water partition coefficient (Wildman–Crippen LogP) is 2.15. The average molecular weight is 376 g/mol. The highest BCUT2D eigenvalue weighted by Gasteiger charge is 2.29. The van der Waals surface area contributed by atoms with Gasteiger partial charge in [0.25, 0.3) is 0 Å². The van der Waals surface area contributed by atoms with Crippen molar-refractivity contribution in [1.82, 2.24) is 4.57 Å². The van der Waals surface area contributed by atoms with E-state index in [2.05, 4.69) is 15.9 Å². The van der Waals surface area contributed by atoms with E-state index >= 15 is 0 Å². The molecular weight excluding hydrogens is 363 g/mol. The van der Waals surface area contributed by atoms with Crippen LogP contribution in [0, 0.1) is 11.6 Å². The standard InChI is InChI=1S/C13H13BBrF2NO4/c1-13(2,3)22-12(19)18-8-5-7(16)10(15)11(17)6(8)4-9(18)14(20)21/h4-5,20-21H,1-3H3. The lowest BCUT2D eigenvalue weighted by Crippen LogP contribution is -2.41. The van der Waals surface area contributed by atoms with Crippen LogP contribution in [0.15, 0.2) is 16.6 Å². The summed E-state index contributed by atoms with van der Waals surface area (Å²) in [4.78, 5) is 12.2. The first-order valence-corrected chi connectivity index (χ1v) is 7.10. The van der Waals surface area contributed by atoms with Crippen molar-refractivity contribution in [1.29, 1.82) is 0 Å². The second kappa shape index (κ2) is 5.64. The molecule has 5 nitrogen and oxygen atoms in total. The maximum absolute atomic E-state index is 14.1. The normalized spacial score (nSPS) is 11.8. The number of aromatic nitrogens is 1. The van der Waals surface area contributed by atoms with Crippen LogP contribution in [0.4, 0.5) is 13.6 Å². The van der Waals surface area contributed by atoms with Crippen molar-refractivity contribution in [2.75, 3.05) is 0 Å². The zero-order chi connectivity index (χ0) is 16.8. The van der Waals surface area contributed by atoms with Gasteiger partial charge in [-0.25, -0.2) is 13.6 Å². The molecule has 0 atom stereocenters. The zero-order valence-corrected chi connectivity index (χ0v) is 13.6. The third kappa shape index (κ3) is 3.01. The number of rotatable bonds is 1. The van der Waals surface area contributed by atoms with Crippen molar-refractivity contribution in [3.8, 4) is 0 Å². The Morgan fingerprint density at radius 1 is 1.32 bits per heavy atom. The molecule has 2 aromatic rings. The lowest BCUT2D eigenvalue weighted by molar-refractivity contribution is 0.0547. The fourth-order valence-electron chi connectivity index (χ4n) is 1.97. The van der Waals surface area contributed by atoms with Gasteiger partial charge >= 0.3 is 13.2 Å². The topological polar surface area (TPSA) is 71.7 Å². The van der Waals surface area contributed by atoms with Gasteiger partial charge in [-0.3, -0.25) is 4.57 Å². The van der Waals surface area contributed by atoms with E-state index in [1.807, 2.05) is 0 Å². The van der Waals surface area contributed by atoms with Gasteiger partial charge in [0.2, 0.25) is 0 Å². The molecule has 2 N–H and O–H groups in total. The molecule has 2 rings (SSSR count). The highest BCUT2D eigenvalue weighted by atomic mass is 79.9. The molecule has 0 amide bonds. The van der Waals surface area contributed by atoms with Crippen molar-refractivity contribution in [3.63, 3.8) is 0 Å². The van der Waals surface area contributed by atoms with E-state index in [1.54, 1.807) is 20.8 Å². The molecule has 1 aromatic heterocycles. The second-order valence-corrected chi connectivity index (χ2v) is 6.47. The van der Waals surface area contributed by atoms with Crippen LogP contribution < -0.4 is 5.59 Å². The molecule has 0 aliphatic rings. The Labute approximate surface area is 133 Å². The molecule has 0 bridgehead atoms. The smallest absolute Gasteiger partial charge is 0.443 e. The van der Waals surface area contributed by atoms with Gasteiger partial charge in [0, 0.05) is 11.5 Å². The Kier molecular flexibility index (Phi) is 4.34. The number of hydrogen-bond donors (Lipinski definition) is 2. The summed E-state index contributed by atoms with van der Waals surface area (Å²) >= 11 is 2.76. The highest BCUT2D eigenvalue weighted by Crippen LogP contribution is 2.28. The molecule has 0 fully saturated rings. The van der Waals surface area contributed by atoms with Gasteiger partial charge in [-0.1, -0.05) is 0 Å². The van der Waals surface area contributed by atoms with Gasteiger partial charge < -0.3 is 14.8 Å².